The number of carbonyl (C=O) groups is 1. The van der Waals surface area contributed by atoms with Crippen molar-refractivity contribution in [1.82, 2.24) is 15.2 Å². The fraction of sp³-hybridized carbons (Fsp3) is 0.429. The lowest BCUT2D eigenvalue weighted by Gasteiger charge is -2.35. The molecule has 1 aromatic heterocycles. The highest BCUT2D eigenvalue weighted by atomic mass is 32.2. The van der Waals surface area contributed by atoms with Crippen molar-refractivity contribution in [2.45, 2.75) is 23.6 Å². The van der Waals surface area contributed by atoms with Crippen molar-refractivity contribution in [3.63, 3.8) is 0 Å². The van der Waals surface area contributed by atoms with Gasteiger partial charge in [-0.3, -0.25) is 15.1 Å². The van der Waals surface area contributed by atoms with Gasteiger partial charge in [0.05, 0.1) is 0 Å². The lowest BCUT2D eigenvalue weighted by Crippen LogP contribution is -2.54. The second-order valence-electron chi connectivity index (χ2n) is 7.00. The molecule has 1 saturated heterocycles. The average molecular weight is 385 g/mol. The lowest BCUT2D eigenvalue weighted by atomic mass is 9.87. The molecule has 3 rings (SSSR count). The summed E-state index contributed by atoms with van der Waals surface area (Å²) in [6.45, 7) is 2.64. The molecule has 2 heterocycles. The van der Waals surface area contributed by atoms with Crippen LogP contribution in [0.3, 0.4) is 0 Å². The molecule has 1 aliphatic rings. The minimum atomic E-state index is -0.719. The van der Waals surface area contributed by atoms with Crippen LogP contribution in [-0.4, -0.2) is 53.1 Å². The number of benzene rings is 1. The van der Waals surface area contributed by atoms with E-state index in [1.165, 1.54) is 0 Å². The fourth-order valence-corrected chi connectivity index (χ4v) is 4.98. The molecule has 0 bridgehead atoms. The van der Waals surface area contributed by atoms with Crippen LogP contribution in [0.1, 0.15) is 23.6 Å². The maximum atomic E-state index is 12.4. The quantitative estimate of drug-likeness (QED) is 0.694. The number of carbonyl (C=O) groups excluding carboxylic acids is 1. The van der Waals surface area contributed by atoms with E-state index < -0.39 is 4.87 Å². The Kier molecular flexibility index (Phi) is 6.88. The highest BCUT2D eigenvalue weighted by Crippen LogP contribution is 2.42. The van der Waals surface area contributed by atoms with Crippen LogP contribution in [0.4, 0.5) is 0 Å². The molecule has 3 N–H and O–H groups in total. The number of pyridine rings is 1. The standard InChI is InChI=1S/C21H28N4OS/c1-25(14-10-18-9-5-6-12-23-18)15-11-19(17-7-3-2-4-8-17)21(20(22)26)24-13-16-27-21/h2-9,12,19,24H,10-11,13-16H2,1H3,(H2,22,26)/t19-,21?/m0/s1. The molecule has 2 aromatic rings. The number of primary amides is 1. The summed E-state index contributed by atoms with van der Waals surface area (Å²) in [5.74, 6) is 0.679. The van der Waals surface area contributed by atoms with Crippen LogP contribution in [0.5, 0.6) is 0 Å². The van der Waals surface area contributed by atoms with E-state index in [0.717, 1.165) is 49.5 Å². The molecule has 1 aromatic carbocycles. The summed E-state index contributed by atoms with van der Waals surface area (Å²) in [5.41, 5.74) is 8.13. The molecular weight excluding hydrogens is 356 g/mol. The molecule has 27 heavy (non-hydrogen) atoms. The smallest absolute Gasteiger partial charge is 0.248 e. The second kappa shape index (κ2) is 9.35. The van der Waals surface area contributed by atoms with E-state index in [1.54, 1.807) is 11.8 Å². The minimum Gasteiger partial charge on any atom is -0.367 e. The zero-order valence-corrected chi connectivity index (χ0v) is 16.6. The number of nitrogens with zero attached hydrogens (tertiary/aromatic N) is 2. The summed E-state index contributed by atoms with van der Waals surface area (Å²) in [5, 5.41) is 3.41. The van der Waals surface area contributed by atoms with E-state index in [0.29, 0.717) is 0 Å². The summed E-state index contributed by atoms with van der Waals surface area (Å²) >= 11 is 1.65. The van der Waals surface area contributed by atoms with Gasteiger partial charge in [0.15, 0.2) is 4.87 Å². The van der Waals surface area contributed by atoms with E-state index in [4.69, 9.17) is 5.73 Å². The summed E-state index contributed by atoms with van der Waals surface area (Å²) in [6, 6.07) is 16.3. The summed E-state index contributed by atoms with van der Waals surface area (Å²) in [6.07, 6.45) is 3.62. The SMILES string of the molecule is CN(CCc1ccccn1)CC[C@@H](c1ccccc1)C1(C(N)=O)NCCS1. The van der Waals surface area contributed by atoms with Gasteiger partial charge in [0.2, 0.25) is 5.91 Å². The third-order valence-electron chi connectivity index (χ3n) is 5.15. The zero-order valence-electron chi connectivity index (χ0n) is 15.8. The van der Waals surface area contributed by atoms with Gasteiger partial charge in [-0.15, -0.1) is 11.8 Å². The molecule has 0 radical (unpaired) electrons. The van der Waals surface area contributed by atoms with Crippen molar-refractivity contribution < 1.29 is 4.79 Å². The molecule has 1 aliphatic heterocycles. The predicted octanol–water partition coefficient (Wildman–Crippen LogP) is 2.25. The number of thioether (sulfide) groups is 1. The number of hydrogen-bond acceptors (Lipinski definition) is 5. The Bertz CT molecular complexity index is 719. The van der Waals surface area contributed by atoms with Crippen LogP contribution in [-0.2, 0) is 11.2 Å². The van der Waals surface area contributed by atoms with Crippen LogP contribution in [0.2, 0.25) is 0 Å². The van der Waals surface area contributed by atoms with Crippen molar-refractivity contribution in [3.8, 4) is 0 Å². The topological polar surface area (TPSA) is 71.2 Å². The summed E-state index contributed by atoms with van der Waals surface area (Å²) in [4.78, 5) is 18.4. The normalized spacial score (nSPS) is 20.7. The van der Waals surface area contributed by atoms with Crippen LogP contribution in [0.25, 0.3) is 0 Å². The molecule has 5 nitrogen and oxygen atoms in total. The van der Waals surface area contributed by atoms with Gasteiger partial charge in [-0.2, -0.15) is 0 Å². The number of nitrogens with one attached hydrogen (secondary N) is 1. The van der Waals surface area contributed by atoms with E-state index in [2.05, 4.69) is 40.4 Å². The third-order valence-corrected chi connectivity index (χ3v) is 6.65. The van der Waals surface area contributed by atoms with E-state index >= 15 is 0 Å². The maximum absolute atomic E-state index is 12.4. The third kappa shape index (κ3) is 4.89. The molecule has 2 atom stereocenters. The van der Waals surface area contributed by atoms with Gasteiger partial charge >= 0.3 is 0 Å². The first-order chi connectivity index (χ1) is 13.1. The fourth-order valence-electron chi connectivity index (χ4n) is 3.66. The Labute approximate surface area is 165 Å². The van der Waals surface area contributed by atoms with Crippen LogP contribution in [0.15, 0.2) is 54.7 Å². The summed E-state index contributed by atoms with van der Waals surface area (Å²) in [7, 11) is 2.12. The van der Waals surface area contributed by atoms with Crippen molar-refractivity contribution >= 4 is 17.7 Å². The first kappa shape index (κ1) is 19.9. The van der Waals surface area contributed by atoms with Crippen LogP contribution >= 0.6 is 11.8 Å². The monoisotopic (exact) mass is 384 g/mol. The summed E-state index contributed by atoms with van der Waals surface area (Å²) < 4.78 is 0. The highest BCUT2D eigenvalue weighted by molar-refractivity contribution is 8.01. The Hall–Kier alpha value is -1.89. The number of rotatable bonds is 9. The molecule has 0 aliphatic carbocycles. The first-order valence-electron chi connectivity index (χ1n) is 9.44. The van der Waals surface area contributed by atoms with E-state index in [1.807, 2.05) is 36.5 Å². The van der Waals surface area contributed by atoms with Gasteiger partial charge in [0.1, 0.15) is 0 Å². The number of nitrogens with two attached hydrogens (primary N) is 1. The Morgan fingerprint density at radius 1 is 1.26 bits per heavy atom. The molecule has 0 saturated carbocycles. The van der Waals surface area contributed by atoms with Crippen molar-refractivity contribution in [2.75, 3.05) is 32.4 Å². The second-order valence-corrected chi connectivity index (χ2v) is 8.34. The zero-order chi connectivity index (χ0) is 19.1. The molecule has 144 valence electrons. The predicted molar refractivity (Wildman–Crippen MR) is 112 cm³/mol. The Morgan fingerprint density at radius 2 is 2.04 bits per heavy atom. The van der Waals surface area contributed by atoms with E-state index in [9.17, 15) is 4.79 Å². The molecule has 6 heteroatoms. The molecule has 0 spiro atoms. The first-order valence-corrected chi connectivity index (χ1v) is 10.4. The maximum Gasteiger partial charge on any atom is 0.248 e. The highest BCUT2D eigenvalue weighted by Gasteiger charge is 2.47. The van der Waals surface area contributed by atoms with Crippen molar-refractivity contribution in [1.29, 1.82) is 0 Å². The molecule has 1 unspecified atom stereocenters. The van der Waals surface area contributed by atoms with Gasteiger partial charge in [-0.25, -0.2) is 0 Å². The number of aromatic nitrogens is 1. The number of amides is 1. The average Bonchev–Trinajstić information content (AvgIpc) is 3.19. The molecule has 1 amide bonds. The van der Waals surface area contributed by atoms with Crippen molar-refractivity contribution in [2.24, 2.45) is 5.73 Å². The van der Waals surface area contributed by atoms with Gasteiger partial charge in [-0.05, 0) is 37.7 Å². The lowest BCUT2D eigenvalue weighted by molar-refractivity contribution is -0.121. The van der Waals surface area contributed by atoms with E-state index in [-0.39, 0.29) is 11.8 Å². The Morgan fingerprint density at radius 3 is 2.67 bits per heavy atom. The van der Waals surface area contributed by atoms with Crippen molar-refractivity contribution in [3.05, 3.63) is 66.0 Å². The van der Waals surface area contributed by atoms with Gasteiger partial charge in [0.25, 0.3) is 0 Å². The largest absolute Gasteiger partial charge is 0.367 e. The van der Waals surface area contributed by atoms with Crippen LogP contribution < -0.4 is 11.1 Å². The van der Waals surface area contributed by atoms with Gasteiger partial charge < -0.3 is 10.6 Å². The Balaban J connectivity index is 1.68. The minimum absolute atomic E-state index is 0.0426. The van der Waals surface area contributed by atoms with Gasteiger partial charge in [-0.1, -0.05) is 36.4 Å². The van der Waals surface area contributed by atoms with Crippen LogP contribution in [0, 0.1) is 0 Å². The number of hydrogen-bond donors (Lipinski definition) is 2. The van der Waals surface area contributed by atoms with Gasteiger partial charge in [0, 0.05) is 43.1 Å². The molecule has 1 fully saturated rings. The molecular formula is C21H28N4OS. The number of likely N-dealkylation sites (N-methyl/N-ethyl adjacent to an activating group) is 1.